The molecule has 0 bridgehead atoms. The first kappa shape index (κ1) is 14.8. The zero-order valence-corrected chi connectivity index (χ0v) is 17.8. The van der Waals surface area contributed by atoms with Crippen LogP contribution in [0.2, 0.25) is 0 Å². The quantitative estimate of drug-likeness (QED) is 0.286. The molecule has 0 spiro atoms. The molecule has 0 aromatic heterocycles. The van der Waals surface area contributed by atoms with Gasteiger partial charge in [0.2, 0.25) is 0 Å². The summed E-state index contributed by atoms with van der Waals surface area (Å²) in [5.41, 5.74) is -2.20. The van der Waals surface area contributed by atoms with Crippen molar-refractivity contribution in [1.29, 1.82) is 0 Å². The number of rotatable bonds is 3. The number of hydrogen-bond acceptors (Lipinski definition) is 5. The van der Waals surface area contributed by atoms with Crippen LogP contribution in [0.1, 0.15) is 86.7 Å². The first-order chi connectivity index (χ1) is 16.6. The van der Waals surface area contributed by atoms with Crippen LogP contribution in [-0.2, 0) is 19.2 Å². The van der Waals surface area contributed by atoms with Gasteiger partial charge in [-0.05, 0) is 87.4 Å². The number of ether oxygens (including phenoxy) is 1. The Morgan fingerprint density at radius 3 is 2.73 bits per heavy atom. The monoisotopic (exact) mass is 417 g/mol. The normalized spacial score (nSPS) is 50.1. The van der Waals surface area contributed by atoms with Gasteiger partial charge < -0.3 is 9.57 Å². The molecular weight excluding hydrogens is 378 g/mol. The van der Waals surface area contributed by atoms with E-state index in [-0.39, 0.29) is 23.8 Å². The maximum atomic E-state index is 12.0. The molecule has 4 aliphatic carbocycles. The minimum absolute atomic E-state index is 0.0486. The summed E-state index contributed by atoms with van der Waals surface area (Å²) in [5, 5.41) is 3.57. The molecular formula is C25H33NO4. The molecule has 0 unspecified atom stereocenters. The van der Waals surface area contributed by atoms with Gasteiger partial charge in [0.15, 0.2) is 5.60 Å². The molecule has 0 aromatic rings. The van der Waals surface area contributed by atoms with E-state index in [1.165, 1.54) is 6.92 Å². The topological polar surface area (TPSA) is 65.0 Å². The molecule has 5 heteroatoms. The summed E-state index contributed by atoms with van der Waals surface area (Å²) in [7, 11) is 0. The zero-order chi connectivity index (χ0) is 26.9. The molecule has 6 atom stereocenters. The summed E-state index contributed by atoms with van der Waals surface area (Å²) >= 11 is 0. The van der Waals surface area contributed by atoms with Gasteiger partial charge in [0.25, 0.3) is 0 Å². The number of fused-ring (bicyclic) bond motifs is 5. The van der Waals surface area contributed by atoms with Crippen LogP contribution in [0.25, 0.3) is 0 Å². The molecule has 0 aromatic carbocycles. The molecule has 3 saturated carbocycles. The Labute approximate surface area is 188 Å². The van der Waals surface area contributed by atoms with Gasteiger partial charge in [-0.2, -0.15) is 0 Å². The van der Waals surface area contributed by atoms with Gasteiger partial charge in [0.05, 0.1) is 7.08 Å². The van der Waals surface area contributed by atoms with Crippen LogP contribution < -0.4 is 0 Å². The number of terminal acetylenes is 1. The van der Waals surface area contributed by atoms with Crippen LogP contribution in [0.3, 0.4) is 0 Å². The average Bonchev–Trinajstić information content (AvgIpc) is 3.06. The van der Waals surface area contributed by atoms with Gasteiger partial charge in [0, 0.05) is 26.1 Å². The minimum atomic E-state index is -2.26. The lowest BCUT2D eigenvalue weighted by molar-refractivity contribution is -0.170. The molecule has 3 fully saturated rings. The first-order valence-corrected chi connectivity index (χ1v) is 10.8. The van der Waals surface area contributed by atoms with Gasteiger partial charge in [-0.25, -0.2) is 4.79 Å². The average molecular weight is 418 g/mol. The molecule has 0 radical (unpaired) electrons. The second-order valence-corrected chi connectivity index (χ2v) is 8.81. The van der Waals surface area contributed by atoms with Crippen molar-refractivity contribution >= 4 is 17.7 Å². The molecule has 0 heterocycles. The van der Waals surface area contributed by atoms with Crippen molar-refractivity contribution in [1.82, 2.24) is 0 Å². The molecule has 0 N–H and O–H groups in total. The molecule has 4 rings (SSSR count). The van der Waals surface area contributed by atoms with Crippen molar-refractivity contribution < 1.29 is 27.4 Å². The standard InChI is InChI=1S/C25H33NO4/c1-5-24-13-11-21-20-10-8-19(26-30-17(4)28)15-18(20)7-9-22(21)23(24)12-14-25(24,6-2)29-16(3)27/h2,15,20-23H,5,7-14H2,1,3-4H3/b26-19+/t20-,21+,22+,23-,24-,25-/m1/s1/i7D2,8D2,15D,20D. The van der Waals surface area contributed by atoms with Crippen molar-refractivity contribution in [3.63, 3.8) is 0 Å². The van der Waals surface area contributed by atoms with Crippen molar-refractivity contribution in [2.75, 3.05) is 0 Å². The third-order valence-corrected chi connectivity index (χ3v) is 7.68. The number of allylic oxidation sites excluding steroid dienone is 2. The summed E-state index contributed by atoms with van der Waals surface area (Å²) in [6, 6.07) is -0.498. The van der Waals surface area contributed by atoms with Crippen molar-refractivity contribution in [2.24, 2.45) is 34.2 Å². The van der Waals surface area contributed by atoms with E-state index in [2.05, 4.69) is 15.9 Å². The predicted octanol–water partition coefficient (Wildman–Crippen LogP) is 4.80. The van der Waals surface area contributed by atoms with Crippen LogP contribution in [0, 0.1) is 41.4 Å². The van der Waals surface area contributed by atoms with E-state index in [1.54, 1.807) is 0 Å². The summed E-state index contributed by atoms with van der Waals surface area (Å²) in [6.07, 6.45) is 4.07. The van der Waals surface area contributed by atoms with Gasteiger partial charge in [-0.1, -0.05) is 23.6 Å². The third-order valence-electron chi connectivity index (χ3n) is 7.68. The van der Waals surface area contributed by atoms with E-state index < -0.39 is 65.7 Å². The highest BCUT2D eigenvalue weighted by atomic mass is 16.7. The fraction of sp³-hybridized carbons (Fsp3) is 0.720. The Bertz CT molecular complexity index is 1100. The van der Waals surface area contributed by atoms with Crippen LogP contribution in [0.5, 0.6) is 0 Å². The minimum Gasteiger partial charge on any atom is -0.445 e. The lowest BCUT2D eigenvalue weighted by atomic mass is 9.49. The first-order valence-electron chi connectivity index (χ1n) is 13.8. The maximum absolute atomic E-state index is 12.0. The second kappa shape index (κ2) is 7.87. The molecule has 0 amide bonds. The Kier molecular flexibility index (Phi) is 3.89. The molecule has 0 saturated heterocycles. The van der Waals surface area contributed by atoms with Crippen LogP contribution in [-0.4, -0.2) is 23.3 Å². The molecule has 0 aliphatic heterocycles. The van der Waals surface area contributed by atoms with E-state index >= 15 is 0 Å². The van der Waals surface area contributed by atoms with Gasteiger partial charge in [0.1, 0.15) is 0 Å². The molecule has 4 aliphatic rings. The van der Waals surface area contributed by atoms with E-state index in [1.807, 2.05) is 6.92 Å². The highest BCUT2D eigenvalue weighted by Crippen LogP contribution is 2.67. The third kappa shape index (κ3) is 3.20. The number of carbonyl (C=O) groups is 2. The summed E-state index contributed by atoms with van der Waals surface area (Å²) in [6.45, 7) is 4.45. The zero-order valence-electron chi connectivity index (χ0n) is 23.8. The van der Waals surface area contributed by atoms with E-state index in [0.29, 0.717) is 32.1 Å². The van der Waals surface area contributed by atoms with Crippen LogP contribution in [0.15, 0.2) is 16.8 Å². The van der Waals surface area contributed by atoms with Crippen LogP contribution >= 0.6 is 0 Å². The Morgan fingerprint density at radius 2 is 2.07 bits per heavy atom. The number of esters is 1. The smallest absolute Gasteiger partial charge is 0.331 e. The summed E-state index contributed by atoms with van der Waals surface area (Å²) in [5.74, 6) is -0.923. The van der Waals surface area contributed by atoms with Crippen molar-refractivity contribution in [2.45, 2.75) is 84.1 Å². The Hall–Kier alpha value is -2.09. The Balaban J connectivity index is 1.84. The lowest BCUT2D eigenvalue weighted by Gasteiger charge is -2.56. The van der Waals surface area contributed by atoms with Gasteiger partial charge >= 0.3 is 11.9 Å². The number of hydrogen-bond donors (Lipinski definition) is 0. The summed E-state index contributed by atoms with van der Waals surface area (Å²) in [4.78, 5) is 28.0. The number of oxime groups is 1. The lowest BCUT2D eigenvalue weighted by Crippen LogP contribution is -2.55. The highest BCUT2D eigenvalue weighted by Gasteiger charge is 2.65. The fourth-order valence-corrected chi connectivity index (χ4v) is 6.56. The summed E-state index contributed by atoms with van der Waals surface area (Å²) < 4.78 is 59.2. The van der Waals surface area contributed by atoms with Crippen LogP contribution in [0.4, 0.5) is 0 Å². The van der Waals surface area contributed by atoms with E-state index in [0.717, 1.165) is 6.92 Å². The van der Waals surface area contributed by atoms with Crippen molar-refractivity contribution in [3.05, 3.63) is 11.6 Å². The SMILES string of the molecule is [2H]C1=C2C([2H])([2H])C[C@@H]3[C@H]4CC[C@@](C#C)(OC(C)=O)[C@]4(CC)CC[C@H]3[C@]2([2H])CC([2H])([2H])/C1=N\OC(C)=O. The predicted molar refractivity (Wildman–Crippen MR) is 114 cm³/mol. The van der Waals surface area contributed by atoms with Crippen molar-refractivity contribution in [3.8, 4) is 12.3 Å². The van der Waals surface area contributed by atoms with Gasteiger partial charge in [-0.3, -0.25) is 4.79 Å². The van der Waals surface area contributed by atoms with E-state index in [9.17, 15) is 11.0 Å². The maximum Gasteiger partial charge on any atom is 0.331 e. The fourth-order valence-electron chi connectivity index (χ4n) is 6.56. The largest absolute Gasteiger partial charge is 0.445 e. The van der Waals surface area contributed by atoms with E-state index in [4.69, 9.17) is 18.0 Å². The molecule has 162 valence electrons. The Morgan fingerprint density at radius 1 is 1.27 bits per heavy atom. The highest BCUT2D eigenvalue weighted by molar-refractivity contribution is 5.96. The second-order valence-electron chi connectivity index (χ2n) is 8.81. The molecule has 30 heavy (non-hydrogen) atoms. The number of carbonyl (C=O) groups excluding carboxylic acids is 2. The van der Waals surface area contributed by atoms with Gasteiger partial charge in [-0.15, -0.1) is 6.42 Å². The molecule has 5 nitrogen and oxygen atoms in total. The number of nitrogens with zero attached hydrogens (tertiary/aromatic N) is 1.